The second-order valence-corrected chi connectivity index (χ2v) is 4.86. The normalized spacial score (nSPS) is 11.3. The molecule has 0 atom stereocenters. The molecule has 0 aliphatic heterocycles. The van der Waals surface area contributed by atoms with Gasteiger partial charge in [-0.05, 0) is 42.1 Å². The average Bonchev–Trinajstić information content (AvgIpc) is 2.98. The smallest absolute Gasteiger partial charge is 0.0821 e. The van der Waals surface area contributed by atoms with Crippen LogP contribution in [0.15, 0.2) is 42.7 Å². The number of nitrogens with zero attached hydrogens (tertiary/aromatic N) is 3. The summed E-state index contributed by atoms with van der Waals surface area (Å²) in [5.74, 6) is 0. The van der Waals surface area contributed by atoms with Crippen LogP contribution in [0, 0.1) is 0 Å². The quantitative estimate of drug-likeness (QED) is 0.773. The van der Waals surface area contributed by atoms with E-state index in [2.05, 4.69) is 46.2 Å². The zero-order chi connectivity index (χ0) is 13.2. The molecule has 4 heteroatoms. The Labute approximate surface area is 112 Å². The van der Waals surface area contributed by atoms with Crippen molar-refractivity contribution in [1.82, 2.24) is 14.3 Å². The SMILES string of the molecule is Cn1ccc(Cn2ccc3ccc(CCN)cc32)n1. The molecular weight excluding hydrogens is 236 g/mol. The summed E-state index contributed by atoms with van der Waals surface area (Å²) in [4.78, 5) is 0. The number of hydrogen-bond donors (Lipinski definition) is 1. The van der Waals surface area contributed by atoms with Crippen LogP contribution < -0.4 is 5.73 Å². The van der Waals surface area contributed by atoms with E-state index in [9.17, 15) is 0 Å². The van der Waals surface area contributed by atoms with Crippen LogP contribution in [0.25, 0.3) is 10.9 Å². The summed E-state index contributed by atoms with van der Waals surface area (Å²) in [6.07, 6.45) is 5.01. The molecule has 0 saturated heterocycles. The lowest BCUT2D eigenvalue weighted by atomic mass is 10.1. The molecule has 0 amide bonds. The molecule has 98 valence electrons. The Hall–Kier alpha value is -2.07. The minimum absolute atomic E-state index is 0.687. The maximum atomic E-state index is 5.62. The first-order valence-corrected chi connectivity index (χ1v) is 6.52. The van der Waals surface area contributed by atoms with Crippen LogP contribution in [-0.2, 0) is 20.0 Å². The van der Waals surface area contributed by atoms with E-state index in [1.54, 1.807) is 0 Å². The van der Waals surface area contributed by atoms with Gasteiger partial charge in [0.25, 0.3) is 0 Å². The molecule has 0 unspecified atom stereocenters. The third-order valence-corrected chi connectivity index (χ3v) is 3.37. The summed E-state index contributed by atoms with van der Waals surface area (Å²) in [5.41, 5.74) is 9.23. The highest BCUT2D eigenvalue weighted by molar-refractivity contribution is 5.80. The molecule has 1 aromatic carbocycles. The van der Waals surface area contributed by atoms with Gasteiger partial charge >= 0.3 is 0 Å². The number of nitrogens with two attached hydrogens (primary N) is 1. The molecule has 4 nitrogen and oxygen atoms in total. The van der Waals surface area contributed by atoms with Crippen LogP contribution in [-0.4, -0.2) is 20.9 Å². The van der Waals surface area contributed by atoms with Gasteiger partial charge in [0.1, 0.15) is 0 Å². The van der Waals surface area contributed by atoms with Crippen LogP contribution in [0.5, 0.6) is 0 Å². The molecule has 0 spiro atoms. The summed E-state index contributed by atoms with van der Waals surface area (Å²) in [6.45, 7) is 1.49. The second kappa shape index (κ2) is 4.90. The third kappa shape index (κ3) is 2.39. The Bertz CT molecular complexity index is 693. The molecule has 3 rings (SSSR count). The summed E-state index contributed by atoms with van der Waals surface area (Å²) in [7, 11) is 1.94. The van der Waals surface area contributed by atoms with E-state index in [0.29, 0.717) is 6.54 Å². The van der Waals surface area contributed by atoms with Crippen molar-refractivity contribution in [3.05, 3.63) is 54.0 Å². The number of hydrogen-bond acceptors (Lipinski definition) is 2. The van der Waals surface area contributed by atoms with Crippen LogP contribution in [0.2, 0.25) is 0 Å². The largest absolute Gasteiger partial charge is 0.341 e. The van der Waals surface area contributed by atoms with Crippen molar-refractivity contribution in [2.24, 2.45) is 12.8 Å². The molecule has 0 aliphatic rings. The fourth-order valence-corrected chi connectivity index (χ4v) is 2.41. The fraction of sp³-hybridized carbons (Fsp3) is 0.267. The van der Waals surface area contributed by atoms with Crippen molar-refractivity contribution in [3.63, 3.8) is 0 Å². The number of benzene rings is 1. The van der Waals surface area contributed by atoms with Gasteiger partial charge in [-0.25, -0.2) is 0 Å². The summed E-state index contributed by atoms with van der Waals surface area (Å²) in [5, 5.41) is 5.69. The van der Waals surface area contributed by atoms with Crippen LogP contribution in [0.3, 0.4) is 0 Å². The molecule has 0 aliphatic carbocycles. The third-order valence-electron chi connectivity index (χ3n) is 3.37. The van der Waals surface area contributed by atoms with Crippen molar-refractivity contribution >= 4 is 10.9 Å². The van der Waals surface area contributed by atoms with Crippen LogP contribution in [0.4, 0.5) is 0 Å². The highest BCUT2D eigenvalue weighted by Gasteiger charge is 2.04. The highest BCUT2D eigenvalue weighted by Crippen LogP contribution is 2.19. The van der Waals surface area contributed by atoms with E-state index in [0.717, 1.165) is 18.7 Å². The first kappa shape index (κ1) is 12.0. The molecule has 0 bridgehead atoms. The number of fused-ring (bicyclic) bond motifs is 1. The standard InChI is InChI=1S/C15H18N4/c1-18-8-6-14(17-18)11-19-9-5-13-3-2-12(4-7-16)10-15(13)19/h2-3,5-6,8-10H,4,7,11,16H2,1H3. The average molecular weight is 254 g/mol. The van der Waals surface area contributed by atoms with Gasteiger partial charge in [-0.1, -0.05) is 12.1 Å². The number of rotatable bonds is 4. The van der Waals surface area contributed by atoms with Crippen molar-refractivity contribution < 1.29 is 0 Å². The van der Waals surface area contributed by atoms with Gasteiger partial charge in [0.15, 0.2) is 0 Å². The molecule has 0 saturated carbocycles. The minimum atomic E-state index is 0.687. The van der Waals surface area contributed by atoms with Gasteiger partial charge in [-0.15, -0.1) is 0 Å². The molecule has 2 aromatic heterocycles. The predicted octanol–water partition coefficient (Wildman–Crippen LogP) is 1.92. The topological polar surface area (TPSA) is 48.8 Å². The van der Waals surface area contributed by atoms with Crippen LogP contribution in [0.1, 0.15) is 11.3 Å². The second-order valence-electron chi connectivity index (χ2n) is 4.86. The molecule has 2 heterocycles. The predicted molar refractivity (Wildman–Crippen MR) is 77.0 cm³/mol. The molecule has 3 aromatic rings. The van der Waals surface area contributed by atoms with Crippen molar-refractivity contribution in [1.29, 1.82) is 0 Å². The zero-order valence-corrected chi connectivity index (χ0v) is 11.1. The van der Waals surface area contributed by atoms with Crippen molar-refractivity contribution in [3.8, 4) is 0 Å². The summed E-state index contributed by atoms with van der Waals surface area (Å²) >= 11 is 0. The lowest BCUT2D eigenvalue weighted by Gasteiger charge is -2.05. The van der Waals surface area contributed by atoms with Gasteiger partial charge in [0.05, 0.1) is 12.2 Å². The first-order chi connectivity index (χ1) is 9.26. The first-order valence-electron chi connectivity index (χ1n) is 6.52. The maximum Gasteiger partial charge on any atom is 0.0821 e. The van der Waals surface area contributed by atoms with Gasteiger partial charge in [0.2, 0.25) is 0 Å². The lowest BCUT2D eigenvalue weighted by molar-refractivity contribution is 0.716. The Kier molecular flexibility index (Phi) is 3.09. The fourth-order valence-electron chi connectivity index (χ4n) is 2.41. The van der Waals surface area contributed by atoms with E-state index in [1.165, 1.54) is 16.5 Å². The van der Waals surface area contributed by atoms with E-state index < -0.39 is 0 Å². The van der Waals surface area contributed by atoms with Crippen molar-refractivity contribution in [2.75, 3.05) is 6.54 Å². The minimum Gasteiger partial charge on any atom is -0.341 e. The maximum absolute atomic E-state index is 5.62. The van der Waals surface area contributed by atoms with Crippen molar-refractivity contribution in [2.45, 2.75) is 13.0 Å². The van der Waals surface area contributed by atoms with Gasteiger partial charge in [-0.2, -0.15) is 5.10 Å². The summed E-state index contributed by atoms with van der Waals surface area (Å²) < 4.78 is 4.07. The van der Waals surface area contributed by atoms with Gasteiger partial charge < -0.3 is 10.3 Å². The molecular formula is C15H18N4. The Morgan fingerprint density at radius 1 is 1.16 bits per heavy atom. The molecule has 2 N–H and O–H groups in total. The van der Waals surface area contributed by atoms with E-state index in [1.807, 2.05) is 17.9 Å². The van der Waals surface area contributed by atoms with E-state index in [4.69, 9.17) is 5.73 Å². The lowest BCUT2D eigenvalue weighted by Crippen LogP contribution is -2.03. The molecule has 0 fully saturated rings. The Morgan fingerprint density at radius 3 is 2.79 bits per heavy atom. The number of aromatic nitrogens is 3. The summed E-state index contributed by atoms with van der Waals surface area (Å²) in [6, 6.07) is 10.7. The monoisotopic (exact) mass is 254 g/mol. The highest BCUT2D eigenvalue weighted by atomic mass is 15.3. The molecule has 19 heavy (non-hydrogen) atoms. The van der Waals surface area contributed by atoms with Crippen LogP contribution >= 0.6 is 0 Å². The van der Waals surface area contributed by atoms with E-state index >= 15 is 0 Å². The Balaban J connectivity index is 1.96. The van der Waals surface area contributed by atoms with E-state index in [-0.39, 0.29) is 0 Å². The van der Waals surface area contributed by atoms with Gasteiger partial charge in [0, 0.05) is 25.0 Å². The number of aryl methyl sites for hydroxylation is 1. The zero-order valence-electron chi connectivity index (χ0n) is 11.1. The van der Waals surface area contributed by atoms with Gasteiger partial charge in [-0.3, -0.25) is 4.68 Å². The molecule has 0 radical (unpaired) electrons. The Morgan fingerprint density at radius 2 is 2.05 bits per heavy atom.